The van der Waals surface area contributed by atoms with Crippen molar-refractivity contribution >= 4 is 0 Å². The Hall–Kier alpha value is -0.790. The standard InChI is InChI=1S/C14H24N2/c1-2-3-4-5-8-11-16-12-13-9-6-7-10-14(13)15-16/h12H,2-11H2,1H3. The summed E-state index contributed by atoms with van der Waals surface area (Å²) in [5.74, 6) is 0. The summed E-state index contributed by atoms with van der Waals surface area (Å²) in [7, 11) is 0. The Kier molecular flexibility index (Phi) is 4.44. The summed E-state index contributed by atoms with van der Waals surface area (Å²) >= 11 is 0. The first-order valence-electron chi connectivity index (χ1n) is 6.95. The highest BCUT2D eigenvalue weighted by atomic mass is 15.3. The van der Waals surface area contributed by atoms with Crippen LogP contribution in [0.4, 0.5) is 0 Å². The van der Waals surface area contributed by atoms with E-state index in [4.69, 9.17) is 0 Å². The van der Waals surface area contributed by atoms with Gasteiger partial charge in [0.25, 0.3) is 0 Å². The van der Waals surface area contributed by atoms with Crippen LogP contribution >= 0.6 is 0 Å². The van der Waals surface area contributed by atoms with Gasteiger partial charge in [-0.1, -0.05) is 32.6 Å². The van der Waals surface area contributed by atoms with Gasteiger partial charge < -0.3 is 0 Å². The third-order valence-corrected chi connectivity index (χ3v) is 3.53. The minimum atomic E-state index is 1.12. The van der Waals surface area contributed by atoms with E-state index in [-0.39, 0.29) is 0 Å². The van der Waals surface area contributed by atoms with Crippen molar-refractivity contribution < 1.29 is 0 Å². The quantitative estimate of drug-likeness (QED) is 0.668. The fourth-order valence-corrected chi connectivity index (χ4v) is 2.52. The zero-order chi connectivity index (χ0) is 11.2. The topological polar surface area (TPSA) is 17.8 Å². The first-order valence-corrected chi connectivity index (χ1v) is 6.95. The second kappa shape index (κ2) is 6.07. The molecule has 1 aliphatic rings. The van der Waals surface area contributed by atoms with Crippen LogP contribution in [0.2, 0.25) is 0 Å². The lowest BCUT2D eigenvalue weighted by Gasteiger charge is -2.06. The van der Waals surface area contributed by atoms with E-state index < -0.39 is 0 Å². The number of aromatic nitrogens is 2. The van der Waals surface area contributed by atoms with Crippen LogP contribution in [0.25, 0.3) is 0 Å². The molecule has 0 bridgehead atoms. The Morgan fingerprint density at radius 1 is 1.12 bits per heavy atom. The van der Waals surface area contributed by atoms with Gasteiger partial charge in [0.2, 0.25) is 0 Å². The minimum absolute atomic E-state index is 1.12. The third-order valence-electron chi connectivity index (χ3n) is 3.53. The Balaban J connectivity index is 1.74. The summed E-state index contributed by atoms with van der Waals surface area (Å²) in [5.41, 5.74) is 2.89. The van der Waals surface area contributed by atoms with Gasteiger partial charge in [0, 0.05) is 12.7 Å². The van der Waals surface area contributed by atoms with Gasteiger partial charge in [0.05, 0.1) is 5.69 Å². The number of nitrogens with zero attached hydrogens (tertiary/aromatic N) is 2. The largest absolute Gasteiger partial charge is 0.272 e. The first kappa shape index (κ1) is 11.7. The summed E-state index contributed by atoms with van der Waals surface area (Å²) < 4.78 is 2.18. The molecule has 90 valence electrons. The Labute approximate surface area is 99.0 Å². The predicted octanol–water partition coefficient (Wildman–Crippen LogP) is 3.73. The van der Waals surface area contributed by atoms with Crippen LogP contribution in [-0.4, -0.2) is 9.78 Å². The molecule has 1 heterocycles. The summed E-state index contributed by atoms with van der Waals surface area (Å²) in [4.78, 5) is 0. The summed E-state index contributed by atoms with van der Waals surface area (Å²) in [6, 6.07) is 0. The van der Waals surface area contributed by atoms with Crippen molar-refractivity contribution in [2.24, 2.45) is 0 Å². The van der Waals surface area contributed by atoms with E-state index in [2.05, 4.69) is 22.9 Å². The molecule has 0 N–H and O–H groups in total. The molecule has 2 rings (SSSR count). The van der Waals surface area contributed by atoms with Gasteiger partial charge in [-0.2, -0.15) is 5.10 Å². The van der Waals surface area contributed by atoms with Crippen LogP contribution in [0.15, 0.2) is 6.20 Å². The molecule has 16 heavy (non-hydrogen) atoms. The molecule has 0 aromatic carbocycles. The van der Waals surface area contributed by atoms with Gasteiger partial charge in [-0.05, 0) is 37.7 Å². The monoisotopic (exact) mass is 220 g/mol. The highest BCUT2D eigenvalue weighted by molar-refractivity contribution is 5.19. The maximum absolute atomic E-state index is 4.69. The fraction of sp³-hybridized carbons (Fsp3) is 0.786. The van der Waals surface area contributed by atoms with E-state index in [1.165, 1.54) is 69.0 Å². The van der Waals surface area contributed by atoms with Crippen LogP contribution in [0, 0.1) is 0 Å². The lowest BCUT2D eigenvalue weighted by Crippen LogP contribution is -2.01. The maximum atomic E-state index is 4.69. The number of aryl methyl sites for hydroxylation is 3. The molecule has 1 aromatic heterocycles. The molecule has 0 unspecified atom stereocenters. The van der Waals surface area contributed by atoms with E-state index in [1.807, 2.05) is 0 Å². The van der Waals surface area contributed by atoms with Crippen LogP contribution in [0.3, 0.4) is 0 Å². The summed E-state index contributed by atoms with van der Waals surface area (Å²) in [6.07, 6.45) is 14.2. The van der Waals surface area contributed by atoms with Crippen molar-refractivity contribution in [3.63, 3.8) is 0 Å². The van der Waals surface area contributed by atoms with Crippen LogP contribution < -0.4 is 0 Å². The molecule has 0 fully saturated rings. The predicted molar refractivity (Wildman–Crippen MR) is 67.6 cm³/mol. The lowest BCUT2D eigenvalue weighted by atomic mass is 9.99. The lowest BCUT2D eigenvalue weighted by molar-refractivity contribution is 0.528. The number of hydrogen-bond acceptors (Lipinski definition) is 1. The van der Waals surface area contributed by atoms with Crippen molar-refractivity contribution in [3.8, 4) is 0 Å². The molecular formula is C14H24N2. The van der Waals surface area contributed by atoms with E-state index in [1.54, 1.807) is 0 Å². The Morgan fingerprint density at radius 2 is 1.94 bits per heavy atom. The number of rotatable bonds is 6. The molecule has 2 heteroatoms. The van der Waals surface area contributed by atoms with Gasteiger partial charge in [0.15, 0.2) is 0 Å². The van der Waals surface area contributed by atoms with Crippen LogP contribution in [0.5, 0.6) is 0 Å². The molecule has 0 aliphatic heterocycles. The summed E-state index contributed by atoms with van der Waals surface area (Å²) in [5, 5.41) is 4.69. The van der Waals surface area contributed by atoms with E-state index >= 15 is 0 Å². The number of hydrogen-bond donors (Lipinski definition) is 0. The average Bonchev–Trinajstić information content (AvgIpc) is 2.71. The molecule has 0 saturated heterocycles. The maximum Gasteiger partial charge on any atom is 0.0656 e. The number of fused-ring (bicyclic) bond motifs is 1. The molecule has 2 nitrogen and oxygen atoms in total. The second-order valence-electron chi connectivity index (χ2n) is 4.99. The zero-order valence-electron chi connectivity index (χ0n) is 10.5. The molecule has 0 atom stereocenters. The SMILES string of the molecule is CCCCCCCn1cc2c(n1)CCCC2. The van der Waals surface area contributed by atoms with Crippen molar-refractivity contribution in [1.82, 2.24) is 9.78 Å². The highest BCUT2D eigenvalue weighted by Crippen LogP contribution is 2.19. The fourth-order valence-electron chi connectivity index (χ4n) is 2.52. The van der Waals surface area contributed by atoms with Gasteiger partial charge in [-0.3, -0.25) is 4.68 Å². The van der Waals surface area contributed by atoms with Gasteiger partial charge in [-0.25, -0.2) is 0 Å². The van der Waals surface area contributed by atoms with Crippen LogP contribution in [-0.2, 0) is 19.4 Å². The second-order valence-corrected chi connectivity index (χ2v) is 4.99. The van der Waals surface area contributed by atoms with Crippen molar-refractivity contribution in [2.45, 2.75) is 71.3 Å². The molecule has 1 aromatic rings. The third kappa shape index (κ3) is 3.10. The van der Waals surface area contributed by atoms with Gasteiger partial charge in [0.1, 0.15) is 0 Å². The molecule has 0 amide bonds. The molecular weight excluding hydrogens is 196 g/mol. The highest BCUT2D eigenvalue weighted by Gasteiger charge is 2.12. The van der Waals surface area contributed by atoms with E-state index in [0.29, 0.717) is 0 Å². The molecule has 1 aliphatic carbocycles. The average molecular weight is 220 g/mol. The van der Waals surface area contributed by atoms with Crippen molar-refractivity contribution in [1.29, 1.82) is 0 Å². The zero-order valence-corrected chi connectivity index (χ0v) is 10.5. The first-order chi connectivity index (χ1) is 7.90. The van der Waals surface area contributed by atoms with E-state index in [0.717, 1.165) is 6.54 Å². The Morgan fingerprint density at radius 3 is 2.75 bits per heavy atom. The van der Waals surface area contributed by atoms with Crippen molar-refractivity contribution in [3.05, 3.63) is 17.5 Å². The van der Waals surface area contributed by atoms with Gasteiger partial charge in [-0.15, -0.1) is 0 Å². The minimum Gasteiger partial charge on any atom is -0.272 e. The normalized spacial score (nSPS) is 15.1. The van der Waals surface area contributed by atoms with Crippen molar-refractivity contribution in [2.75, 3.05) is 0 Å². The van der Waals surface area contributed by atoms with E-state index in [9.17, 15) is 0 Å². The van der Waals surface area contributed by atoms with Gasteiger partial charge >= 0.3 is 0 Å². The van der Waals surface area contributed by atoms with Crippen LogP contribution in [0.1, 0.15) is 63.1 Å². The molecule has 0 radical (unpaired) electrons. The smallest absolute Gasteiger partial charge is 0.0656 e. The number of unbranched alkanes of at least 4 members (excludes halogenated alkanes) is 4. The summed E-state index contributed by atoms with van der Waals surface area (Å²) in [6.45, 7) is 3.39. The molecule has 0 saturated carbocycles. The molecule has 0 spiro atoms. The Bertz CT molecular complexity index is 291.